The maximum atomic E-state index is 5.62. The van der Waals surface area contributed by atoms with E-state index >= 15 is 0 Å². The summed E-state index contributed by atoms with van der Waals surface area (Å²) in [4.78, 5) is 3.14. The van der Waals surface area contributed by atoms with Gasteiger partial charge in [-0.3, -0.25) is 0 Å². The molecule has 0 unspecified atom stereocenters. The number of aryl methyl sites for hydroxylation is 1. The molecule has 5 heteroatoms. The summed E-state index contributed by atoms with van der Waals surface area (Å²) >= 11 is 0. The number of nitrogen functional groups attached to an aromatic ring is 1. The van der Waals surface area contributed by atoms with Crippen LogP contribution in [-0.4, -0.2) is 12.0 Å². The maximum absolute atomic E-state index is 5.62. The van der Waals surface area contributed by atoms with E-state index < -0.39 is 0 Å². The van der Waals surface area contributed by atoms with Crippen molar-refractivity contribution < 1.29 is 4.57 Å². The normalized spacial score (nSPS) is 10.1. The molecule has 0 aliphatic rings. The van der Waals surface area contributed by atoms with Gasteiger partial charge in [0, 0.05) is 5.69 Å². The molecule has 0 aliphatic carbocycles. The van der Waals surface area contributed by atoms with Gasteiger partial charge < -0.3 is 5.73 Å². The highest BCUT2D eigenvalue weighted by atomic mass is 15.5. The van der Waals surface area contributed by atoms with Crippen molar-refractivity contribution in [1.29, 1.82) is 0 Å². The van der Waals surface area contributed by atoms with Gasteiger partial charge in [-0.25, -0.2) is 15.0 Å². The highest BCUT2D eigenvalue weighted by Crippen LogP contribution is 2.12. The molecule has 0 bridgehead atoms. The van der Waals surface area contributed by atoms with Crippen LogP contribution < -0.4 is 20.7 Å². The molecule has 1 aromatic heterocycles. The summed E-state index contributed by atoms with van der Waals surface area (Å²) in [6.07, 6.45) is 3.84. The molecule has 0 fully saturated rings. The maximum Gasteiger partial charge on any atom is 0.378 e. The topological polar surface area (TPSA) is 61.0 Å². The number of benzene rings is 1. The summed E-state index contributed by atoms with van der Waals surface area (Å²) in [7, 11) is 3.93. The Labute approximate surface area is 94.5 Å². The Morgan fingerprint density at radius 3 is 2.56 bits per heavy atom. The number of hydrogen-bond donors (Lipinski definition) is 3. The summed E-state index contributed by atoms with van der Waals surface area (Å²) in [5.74, 6) is 0.969. The first kappa shape index (κ1) is 10.4. The molecule has 0 amide bonds. The third-order valence-electron chi connectivity index (χ3n) is 2.37. The van der Waals surface area contributed by atoms with Crippen molar-refractivity contribution in [3.63, 3.8) is 0 Å². The van der Waals surface area contributed by atoms with Crippen LogP contribution in [0.15, 0.2) is 36.7 Å². The smallest absolute Gasteiger partial charge is 0.378 e. The van der Waals surface area contributed by atoms with Gasteiger partial charge in [-0.2, -0.15) is 5.01 Å². The van der Waals surface area contributed by atoms with Crippen molar-refractivity contribution in [2.24, 2.45) is 7.05 Å². The third-order valence-corrected chi connectivity index (χ3v) is 2.37. The summed E-state index contributed by atoms with van der Waals surface area (Å²) < 4.78 is 1.99. The predicted molar refractivity (Wildman–Crippen MR) is 64.8 cm³/mol. The fourth-order valence-corrected chi connectivity index (χ4v) is 1.53. The van der Waals surface area contributed by atoms with Crippen LogP contribution in [-0.2, 0) is 7.05 Å². The molecule has 0 saturated carbocycles. The van der Waals surface area contributed by atoms with Gasteiger partial charge in [0.05, 0.1) is 32.2 Å². The minimum absolute atomic E-state index is 0.763. The van der Waals surface area contributed by atoms with E-state index in [0.29, 0.717) is 0 Å². The second-order valence-electron chi connectivity index (χ2n) is 3.69. The molecular weight excluding hydrogens is 202 g/mol. The second-order valence-corrected chi connectivity index (χ2v) is 3.69. The Morgan fingerprint density at radius 1 is 1.31 bits per heavy atom. The van der Waals surface area contributed by atoms with Crippen LogP contribution in [0, 0.1) is 0 Å². The van der Waals surface area contributed by atoms with Gasteiger partial charge >= 0.3 is 5.95 Å². The Hall–Kier alpha value is -2.17. The monoisotopic (exact) mass is 218 g/mol. The molecule has 0 atom stereocenters. The molecule has 0 radical (unpaired) electrons. The molecular formula is C11H16N5+. The van der Waals surface area contributed by atoms with Gasteiger partial charge in [-0.05, 0) is 24.3 Å². The van der Waals surface area contributed by atoms with Gasteiger partial charge in [0.2, 0.25) is 0 Å². The summed E-state index contributed by atoms with van der Waals surface area (Å²) in [5.41, 5.74) is 10.6. The fraction of sp³-hybridized carbons (Fsp3) is 0.182. The van der Waals surface area contributed by atoms with Crippen molar-refractivity contribution in [1.82, 2.24) is 4.98 Å². The zero-order chi connectivity index (χ0) is 11.5. The molecule has 2 aromatic rings. The number of rotatable bonds is 3. The predicted octanol–water partition coefficient (Wildman–Crippen LogP) is 0.885. The molecule has 84 valence electrons. The van der Waals surface area contributed by atoms with Crippen molar-refractivity contribution in [3.8, 4) is 0 Å². The van der Waals surface area contributed by atoms with Crippen LogP contribution in [0.1, 0.15) is 0 Å². The largest absolute Gasteiger partial charge is 0.399 e. The number of nitrogens with zero attached hydrogens (tertiary/aromatic N) is 2. The molecule has 1 aromatic carbocycles. The second kappa shape index (κ2) is 4.14. The fourth-order valence-electron chi connectivity index (χ4n) is 1.53. The number of aromatic nitrogens is 2. The molecule has 0 spiro atoms. The van der Waals surface area contributed by atoms with Crippen molar-refractivity contribution >= 4 is 17.3 Å². The van der Waals surface area contributed by atoms with E-state index in [1.165, 1.54) is 0 Å². The van der Waals surface area contributed by atoms with Crippen LogP contribution in [0.4, 0.5) is 17.3 Å². The number of anilines is 3. The highest BCUT2D eigenvalue weighted by molar-refractivity contribution is 5.53. The van der Waals surface area contributed by atoms with Crippen LogP contribution in [0.5, 0.6) is 0 Å². The van der Waals surface area contributed by atoms with E-state index in [1.54, 1.807) is 0 Å². The Morgan fingerprint density at radius 2 is 2.00 bits per heavy atom. The summed E-state index contributed by atoms with van der Waals surface area (Å²) in [6.45, 7) is 0. The van der Waals surface area contributed by atoms with Gasteiger partial charge in [-0.1, -0.05) is 0 Å². The Bertz CT molecular complexity index is 459. The van der Waals surface area contributed by atoms with Crippen molar-refractivity contribution in [2.75, 3.05) is 23.2 Å². The minimum atomic E-state index is 0.763. The van der Waals surface area contributed by atoms with E-state index in [2.05, 4.69) is 10.4 Å². The molecule has 16 heavy (non-hydrogen) atoms. The van der Waals surface area contributed by atoms with Gasteiger partial charge in [0.25, 0.3) is 0 Å². The van der Waals surface area contributed by atoms with E-state index in [-0.39, 0.29) is 0 Å². The van der Waals surface area contributed by atoms with E-state index in [1.807, 2.05) is 60.3 Å². The Balaban J connectivity index is 2.10. The van der Waals surface area contributed by atoms with Crippen LogP contribution >= 0.6 is 0 Å². The number of aromatic amines is 1. The zero-order valence-corrected chi connectivity index (χ0v) is 9.44. The lowest BCUT2D eigenvalue weighted by Crippen LogP contribution is -2.38. The van der Waals surface area contributed by atoms with Crippen LogP contribution in [0.2, 0.25) is 0 Å². The molecule has 2 rings (SSSR count). The lowest BCUT2D eigenvalue weighted by molar-refractivity contribution is -0.657. The lowest BCUT2D eigenvalue weighted by Gasteiger charge is -2.13. The quantitative estimate of drug-likeness (QED) is 0.407. The SMILES string of the molecule is CN(Nc1ccc(N)cc1)c1[nH]cc[n+]1C. The molecule has 4 N–H and O–H groups in total. The lowest BCUT2D eigenvalue weighted by atomic mass is 10.3. The number of nitrogens with two attached hydrogens (primary N) is 1. The van der Waals surface area contributed by atoms with E-state index in [9.17, 15) is 0 Å². The van der Waals surface area contributed by atoms with Crippen LogP contribution in [0.25, 0.3) is 0 Å². The molecule has 1 heterocycles. The number of H-pyrrole nitrogens is 1. The van der Waals surface area contributed by atoms with E-state index in [0.717, 1.165) is 17.3 Å². The molecule has 5 nitrogen and oxygen atoms in total. The number of imidazole rings is 1. The Kier molecular flexibility index (Phi) is 2.68. The van der Waals surface area contributed by atoms with Crippen LogP contribution in [0.3, 0.4) is 0 Å². The molecule has 0 saturated heterocycles. The van der Waals surface area contributed by atoms with Gasteiger partial charge in [0.1, 0.15) is 0 Å². The first-order chi connectivity index (χ1) is 7.66. The summed E-state index contributed by atoms with van der Waals surface area (Å²) in [6, 6.07) is 7.61. The highest BCUT2D eigenvalue weighted by Gasteiger charge is 2.12. The number of hydrazine groups is 1. The average Bonchev–Trinajstić information content (AvgIpc) is 2.68. The van der Waals surface area contributed by atoms with Crippen molar-refractivity contribution in [2.45, 2.75) is 0 Å². The summed E-state index contributed by atoms with van der Waals surface area (Å²) in [5, 5.41) is 1.91. The zero-order valence-electron chi connectivity index (χ0n) is 9.44. The van der Waals surface area contributed by atoms with E-state index in [4.69, 9.17) is 5.73 Å². The van der Waals surface area contributed by atoms with Crippen molar-refractivity contribution in [3.05, 3.63) is 36.7 Å². The number of hydrogen-bond acceptors (Lipinski definition) is 3. The molecule has 0 aliphatic heterocycles. The standard InChI is InChI=1S/C11H15N5/c1-15-8-7-13-11(15)16(2)14-10-5-3-9(12)4-6-10/h3-8,14H,12H2,1-2H3/p+1. The number of nitrogens with one attached hydrogen (secondary N) is 2. The first-order valence-electron chi connectivity index (χ1n) is 5.06. The van der Waals surface area contributed by atoms with Gasteiger partial charge in [-0.15, -0.1) is 0 Å². The minimum Gasteiger partial charge on any atom is -0.399 e. The third kappa shape index (κ3) is 2.08. The first-order valence-corrected chi connectivity index (χ1v) is 5.06. The average molecular weight is 218 g/mol. The van der Waals surface area contributed by atoms with Gasteiger partial charge in [0.15, 0.2) is 0 Å².